The normalized spacial score (nSPS) is 11.3. The molecule has 0 bridgehead atoms. The molecule has 0 unspecified atom stereocenters. The van der Waals surface area contributed by atoms with Crippen LogP contribution in [0.1, 0.15) is 28.4 Å². The summed E-state index contributed by atoms with van der Waals surface area (Å²) >= 11 is 0. The van der Waals surface area contributed by atoms with Crippen molar-refractivity contribution < 1.29 is 18.0 Å². The Morgan fingerprint density at radius 3 is 2.23 bits per heavy atom. The molecule has 0 N–H and O–H groups in total. The van der Waals surface area contributed by atoms with Gasteiger partial charge in [-0.25, -0.2) is 0 Å². The van der Waals surface area contributed by atoms with E-state index in [1.165, 1.54) is 17.0 Å². The van der Waals surface area contributed by atoms with E-state index >= 15 is 0 Å². The first-order valence-corrected chi connectivity index (χ1v) is 6.88. The molecule has 2 rings (SSSR count). The molecule has 0 aliphatic rings. The second-order valence-corrected chi connectivity index (χ2v) is 4.96. The van der Waals surface area contributed by atoms with Crippen LogP contribution in [0.25, 0.3) is 0 Å². The summed E-state index contributed by atoms with van der Waals surface area (Å²) < 4.78 is 37.7. The molecule has 0 fully saturated rings. The molecule has 0 aliphatic carbocycles. The van der Waals surface area contributed by atoms with Crippen LogP contribution in [0.5, 0.6) is 0 Å². The molecule has 2 nitrogen and oxygen atoms in total. The van der Waals surface area contributed by atoms with Gasteiger partial charge in [-0.15, -0.1) is 0 Å². The number of hydrogen-bond donors (Lipinski definition) is 0. The highest BCUT2D eigenvalue weighted by Gasteiger charge is 2.30. The van der Waals surface area contributed by atoms with Gasteiger partial charge in [-0.05, 0) is 55.8 Å². The molecule has 2 aromatic rings. The summed E-state index contributed by atoms with van der Waals surface area (Å²) in [7, 11) is 0. The van der Waals surface area contributed by atoms with E-state index in [-0.39, 0.29) is 11.5 Å². The number of benzene rings is 2. The van der Waals surface area contributed by atoms with Crippen LogP contribution in [0.15, 0.2) is 48.5 Å². The first-order valence-electron chi connectivity index (χ1n) is 6.88. The predicted molar refractivity (Wildman–Crippen MR) is 80.0 cm³/mol. The number of rotatable bonds is 3. The van der Waals surface area contributed by atoms with Gasteiger partial charge in [0.25, 0.3) is 5.91 Å². The standard InChI is InChI=1S/C17H16F3NO/c1-3-21(15-6-4-5-12(2)11-15)16(22)13-7-9-14(10-8-13)17(18,19)20/h4-11H,3H2,1-2H3. The van der Waals surface area contributed by atoms with E-state index in [1.54, 1.807) is 6.07 Å². The molecule has 0 aromatic heterocycles. The Labute approximate surface area is 127 Å². The number of anilines is 1. The molecule has 22 heavy (non-hydrogen) atoms. The Kier molecular flexibility index (Phi) is 4.54. The van der Waals surface area contributed by atoms with Gasteiger partial charge in [0.05, 0.1) is 5.56 Å². The first kappa shape index (κ1) is 16.1. The van der Waals surface area contributed by atoms with E-state index in [9.17, 15) is 18.0 Å². The minimum atomic E-state index is -4.40. The van der Waals surface area contributed by atoms with E-state index in [4.69, 9.17) is 0 Å². The fourth-order valence-corrected chi connectivity index (χ4v) is 2.20. The van der Waals surface area contributed by atoms with Crippen molar-refractivity contribution in [1.82, 2.24) is 0 Å². The SMILES string of the molecule is CCN(C(=O)c1ccc(C(F)(F)F)cc1)c1cccc(C)c1. The number of carbonyl (C=O) groups excluding carboxylic acids is 1. The zero-order valence-electron chi connectivity index (χ0n) is 12.3. The summed E-state index contributed by atoms with van der Waals surface area (Å²) in [6.45, 7) is 4.17. The predicted octanol–water partition coefficient (Wildman–Crippen LogP) is 4.68. The number of nitrogens with zero attached hydrogens (tertiary/aromatic N) is 1. The second-order valence-electron chi connectivity index (χ2n) is 4.96. The molecule has 1 amide bonds. The summed E-state index contributed by atoms with van der Waals surface area (Å²) in [4.78, 5) is 14.0. The van der Waals surface area contributed by atoms with Gasteiger partial charge < -0.3 is 4.90 Å². The minimum Gasteiger partial charge on any atom is -0.309 e. The maximum Gasteiger partial charge on any atom is 0.416 e. The molecule has 2 aromatic carbocycles. The first-order chi connectivity index (χ1) is 10.3. The maximum atomic E-state index is 12.6. The lowest BCUT2D eigenvalue weighted by Gasteiger charge is -2.21. The lowest BCUT2D eigenvalue weighted by Crippen LogP contribution is -2.30. The topological polar surface area (TPSA) is 20.3 Å². The molecule has 0 atom stereocenters. The molecule has 0 saturated carbocycles. The highest BCUT2D eigenvalue weighted by Crippen LogP contribution is 2.29. The van der Waals surface area contributed by atoms with E-state index in [1.807, 2.05) is 32.0 Å². The van der Waals surface area contributed by atoms with Crippen molar-refractivity contribution in [2.24, 2.45) is 0 Å². The van der Waals surface area contributed by atoms with Crippen LogP contribution in [-0.4, -0.2) is 12.5 Å². The van der Waals surface area contributed by atoms with Gasteiger partial charge in [0.15, 0.2) is 0 Å². The Balaban J connectivity index is 2.29. The van der Waals surface area contributed by atoms with Crippen molar-refractivity contribution in [3.63, 3.8) is 0 Å². The fraction of sp³-hybridized carbons (Fsp3) is 0.235. The van der Waals surface area contributed by atoms with Crippen LogP contribution in [0.4, 0.5) is 18.9 Å². The number of alkyl halides is 3. The molecule has 116 valence electrons. The third kappa shape index (κ3) is 3.47. The van der Waals surface area contributed by atoms with E-state index in [0.29, 0.717) is 6.54 Å². The molecule has 0 saturated heterocycles. The van der Waals surface area contributed by atoms with Gasteiger partial charge in [-0.3, -0.25) is 4.79 Å². The van der Waals surface area contributed by atoms with Crippen LogP contribution < -0.4 is 4.90 Å². The summed E-state index contributed by atoms with van der Waals surface area (Å²) in [5.41, 5.74) is 1.21. The number of halogens is 3. The maximum absolute atomic E-state index is 12.6. The zero-order valence-corrected chi connectivity index (χ0v) is 12.3. The van der Waals surface area contributed by atoms with E-state index in [2.05, 4.69) is 0 Å². The van der Waals surface area contributed by atoms with E-state index in [0.717, 1.165) is 23.4 Å². The van der Waals surface area contributed by atoms with Crippen LogP contribution in [-0.2, 0) is 6.18 Å². The van der Waals surface area contributed by atoms with Crippen molar-refractivity contribution >= 4 is 11.6 Å². The Morgan fingerprint density at radius 2 is 1.73 bits per heavy atom. The Morgan fingerprint density at radius 1 is 1.09 bits per heavy atom. The second kappa shape index (κ2) is 6.22. The zero-order chi connectivity index (χ0) is 16.3. The Bertz CT molecular complexity index is 662. The van der Waals surface area contributed by atoms with E-state index < -0.39 is 11.7 Å². The molecular formula is C17H16F3NO. The largest absolute Gasteiger partial charge is 0.416 e. The number of hydrogen-bond acceptors (Lipinski definition) is 1. The molecule has 5 heteroatoms. The average Bonchev–Trinajstić information content (AvgIpc) is 2.47. The van der Waals surface area contributed by atoms with Crippen molar-refractivity contribution in [3.8, 4) is 0 Å². The monoisotopic (exact) mass is 307 g/mol. The number of carbonyl (C=O) groups is 1. The third-order valence-electron chi connectivity index (χ3n) is 3.33. The van der Waals surface area contributed by atoms with Crippen molar-refractivity contribution in [2.45, 2.75) is 20.0 Å². The van der Waals surface area contributed by atoms with Crippen LogP contribution in [0.3, 0.4) is 0 Å². The summed E-state index contributed by atoms with van der Waals surface area (Å²) in [5.74, 6) is -0.318. The fourth-order valence-electron chi connectivity index (χ4n) is 2.20. The molecule has 0 radical (unpaired) electrons. The molecule has 0 aliphatic heterocycles. The molecular weight excluding hydrogens is 291 g/mol. The van der Waals surface area contributed by atoms with Gasteiger partial charge in [0.2, 0.25) is 0 Å². The lowest BCUT2D eigenvalue weighted by atomic mass is 10.1. The summed E-state index contributed by atoms with van der Waals surface area (Å²) in [6.07, 6.45) is -4.40. The van der Waals surface area contributed by atoms with Crippen LogP contribution in [0.2, 0.25) is 0 Å². The average molecular weight is 307 g/mol. The van der Waals surface area contributed by atoms with Crippen molar-refractivity contribution in [1.29, 1.82) is 0 Å². The Hall–Kier alpha value is -2.30. The summed E-state index contributed by atoms with van der Waals surface area (Å²) in [5, 5.41) is 0. The highest BCUT2D eigenvalue weighted by molar-refractivity contribution is 6.06. The lowest BCUT2D eigenvalue weighted by molar-refractivity contribution is -0.137. The van der Waals surface area contributed by atoms with Crippen LogP contribution in [0, 0.1) is 6.92 Å². The molecule has 0 spiro atoms. The highest BCUT2D eigenvalue weighted by atomic mass is 19.4. The molecule has 0 heterocycles. The van der Waals surface area contributed by atoms with Gasteiger partial charge >= 0.3 is 6.18 Å². The van der Waals surface area contributed by atoms with Crippen LogP contribution >= 0.6 is 0 Å². The number of aryl methyl sites for hydroxylation is 1. The third-order valence-corrected chi connectivity index (χ3v) is 3.33. The summed E-state index contributed by atoms with van der Waals surface area (Å²) in [6, 6.07) is 11.7. The van der Waals surface area contributed by atoms with Crippen molar-refractivity contribution in [3.05, 3.63) is 65.2 Å². The van der Waals surface area contributed by atoms with Gasteiger partial charge in [0.1, 0.15) is 0 Å². The minimum absolute atomic E-state index is 0.233. The van der Waals surface area contributed by atoms with Gasteiger partial charge in [-0.1, -0.05) is 12.1 Å². The number of amides is 1. The smallest absolute Gasteiger partial charge is 0.309 e. The van der Waals surface area contributed by atoms with Crippen molar-refractivity contribution in [2.75, 3.05) is 11.4 Å². The van der Waals surface area contributed by atoms with Gasteiger partial charge in [0, 0.05) is 17.8 Å². The van der Waals surface area contributed by atoms with Gasteiger partial charge in [-0.2, -0.15) is 13.2 Å². The quantitative estimate of drug-likeness (QED) is 0.806.